The molecule has 17 heteroatoms. The number of likely N-dealkylation sites (N-methyl/N-ethyl adjacent to an activating group) is 1. The molecule has 0 radical (unpaired) electrons. The van der Waals surface area contributed by atoms with Crippen LogP contribution in [0.3, 0.4) is 0 Å². The molecule has 8 rings (SSSR count). The van der Waals surface area contributed by atoms with E-state index in [4.69, 9.17) is 15.2 Å². The van der Waals surface area contributed by atoms with E-state index in [1.165, 1.54) is 12.1 Å². The summed E-state index contributed by atoms with van der Waals surface area (Å²) in [6.45, 7) is 0.949. The fourth-order valence-electron chi connectivity index (χ4n) is 7.67. The van der Waals surface area contributed by atoms with Gasteiger partial charge in [-0.3, -0.25) is 9.69 Å². The Morgan fingerprint density at radius 1 is 1.27 bits per heavy atom. The Hall–Kier alpha value is -1.87. The topological polar surface area (TPSA) is 97.1 Å². The van der Waals surface area contributed by atoms with E-state index in [1.54, 1.807) is 11.9 Å². The number of carbonyl (C=O) groups excluding carboxylic acids is 1. The molecule has 0 bridgehead atoms. The number of amides is 1. The van der Waals surface area contributed by atoms with Crippen LogP contribution >= 0.6 is 33.9 Å². The van der Waals surface area contributed by atoms with Crippen LogP contribution in [-0.4, -0.2) is 95.8 Å². The molecule has 6 heterocycles. The van der Waals surface area contributed by atoms with Gasteiger partial charge < -0.3 is 25.0 Å². The van der Waals surface area contributed by atoms with Crippen molar-refractivity contribution in [2.45, 2.75) is 49.5 Å². The molecule has 9 nitrogen and oxygen atoms in total. The summed E-state index contributed by atoms with van der Waals surface area (Å²) < 4.78 is 86.4. The number of rotatable bonds is 5. The molecule has 4 aromatic rings. The number of hydrogen-bond donors (Lipinski definition) is 1. The molecule has 3 saturated heterocycles. The number of fused-ring (bicyclic) bond motifs is 3. The predicted octanol–water partition coefficient (Wildman–Crippen LogP) is 5.40. The van der Waals surface area contributed by atoms with Crippen LogP contribution < -0.4 is 20.1 Å². The molecule has 4 aliphatic heterocycles. The van der Waals surface area contributed by atoms with Crippen LogP contribution in [0.15, 0.2) is 12.1 Å². The number of alkyl halides is 3. The molecule has 0 saturated carbocycles. The summed E-state index contributed by atoms with van der Waals surface area (Å²) in [6, 6.07) is 4.83. The molecule has 48 heavy (non-hydrogen) atoms. The number of thiophene rings is 1. The Bertz CT molecular complexity index is 1970. The molecule has 2 aromatic carbocycles. The van der Waals surface area contributed by atoms with Crippen LogP contribution in [0.25, 0.3) is 32.1 Å². The van der Waals surface area contributed by atoms with Gasteiger partial charge in [0.1, 0.15) is 41.8 Å². The maximum Gasteiger partial charge on any atom is 0.319 e. The number of ether oxygens (including phenoxy) is 2. The Morgan fingerprint density at radius 3 is 2.83 bits per heavy atom. The van der Waals surface area contributed by atoms with E-state index < -0.39 is 47.8 Å². The van der Waals surface area contributed by atoms with Crippen molar-refractivity contribution >= 4 is 71.6 Å². The SMILES string of the molecule is CN1c2nc(OC[C@@]34CCCN3C[C@H](F)C4)nc3c(F)c(-c4ccc(F)c5sc(N)[c-]c45)c(I)c(c23)OC2CN(C(=O)C(F)F)CC21.[Ce]. The van der Waals surface area contributed by atoms with Gasteiger partial charge in [-0.15, -0.1) is 17.7 Å². The van der Waals surface area contributed by atoms with E-state index in [0.29, 0.717) is 22.1 Å². The van der Waals surface area contributed by atoms with E-state index in [0.717, 1.165) is 35.6 Å². The van der Waals surface area contributed by atoms with E-state index >= 15 is 4.39 Å². The van der Waals surface area contributed by atoms with Crippen molar-refractivity contribution in [3.63, 3.8) is 0 Å². The molecular formula is C31H27CeF5IN6O3S-. The van der Waals surface area contributed by atoms with Crippen molar-refractivity contribution in [3.8, 4) is 22.9 Å². The molecule has 4 aliphatic rings. The van der Waals surface area contributed by atoms with Gasteiger partial charge in [0.2, 0.25) is 0 Å². The van der Waals surface area contributed by atoms with Gasteiger partial charge in [-0.1, -0.05) is 0 Å². The van der Waals surface area contributed by atoms with Gasteiger partial charge in [0.15, 0.2) is 0 Å². The molecule has 2 unspecified atom stereocenters. The number of likely N-dealkylation sites (tertiary alicyclic amines) is 1. The number of halogens is 6. The van der Waals surface area contributed by atoms with Gasteiger partial charge in [-0.05, 0) is 58.3 Å². The minimum absolute atomic E-state index is 0. The minimum Gasteiger partial charge on any atom is -0.484 e. The first-order valence-electron chi connectivity index (χ1n) is 15.1. The molecule has 0 aliphatic carbocycles. The number of aromatic nitrogens is 2. The molecule has 3 fully saturated rings. The van der Waals surface area contributed by atoms with Crippen LogP contribution in [-0.2, 0) is 4.79 Å². The summed E-state index contributed by atoms with van der Waals surface area (Å²) in [5, 5.41) is 0.741. The second kappa shape index (κ2) is 12.7. The first-order valence-corrected chi connectivity index (χ1v) is 17.0. The molecule has 4 atom stereocenters. The van der Waals surface area contributed by atoms with Crippen molar-refractivity contribution in [2.24, 2.45) is 0 Å². The third-order valence-corrected chi connectivity index (χ3v) is 11.8. The zero-order chi connectivity index (χ0) is 32.9. The van der Waals surface area contributed by atoms with Gasteiger partial charge in [0.05, 0.1) is 32.9 Å². The van der Waals surface area contributed by atoms with E-state index in [9.17, 15) is 22.4 Å². The monoisotopic (exact) mass is 925 g/mol. The maximum atomic E-state index is 17.0. The largest absolute Gasteiger partial charge is 0.484 e. The number of nitrogens with zero attached hydrogens (tertiary/aromatic N) is 5. The Balaban J connectivity index is 0.00000364. The van der Waals surface area contributed by atoms with E-state index in [1.807, 2.05) is 22.6 Å². The summed E-state index contributed by atoms with van der Waals surface area (Å²) in [7, 11) is 1.67. The standard InChI is InChI=1S/C31H27F5IN6O3S.Ce/c1-41-17-10-42(29(44)27(35)36)11-18(17)46-25-21-24(22(34)20(23(25)37)14-3-4-16(33)26-15(14)7-19(38)47-26)39-30(40-28(21)41)45-12-31-5-2-6-43(31)9-13(32)8-31;/h3-4,13,17-18,27H,2,5-6,8-12,38H2,1H3;/q-1;/t13-,17?,18?,31+;/m1./s1. The smallest absolute Gasteiger partial charge is 0.319 e. The molecule has 2 N–H and O–H groups in total. The molecule has 1 amide bonds. The summed E-state index contributed by atoms with van der Waals surface area (Å²) in [4.78, 5) is 26.4. The minimum atomic E-state index is -3.19. The van der Waals surface area contributed by atoms with E-state index in [2.05, 4.69) is 20.9 Å². The van der Waals surface area contributed by atoms with Crippen molar-refractivity contribution < 1.29 is 78.0 Å². The fourth-order valence-corrected chi connectivity index (χ4v) is 9.39. The summed E-state index contributed by atoms with van der Waals surface area (Å²) in [6.07, 6.45) is -3.01. The summed E-state index contributed by atoms with van der Waals surface area (Å²) >= 11 is 2.93. The second-order valence-corrected chi connectivity index (χ2v) is 14.6. The van der Waals surface area contributed by atoms with Crippen LogP contribution in [0.1, 0.15) is 19.3 Å². The molecule has 2 aromatic heterocycles. The third kappa shape index (κ3) is 5.41. The van der Waals surface area contributed by atoms with Gasteiger partial charge in [-0.2, -0.15) is 35.5 Å². The third-order valence-electron chi connectivity index (χ3n) is 9.85. The maximum absolute atomic E-state index is 17.0. The van der Waals surface area contributed by atoms with Crippen LogP contribution in [0, 0.1) is 63.0 Å². The second-order valence-electron chi connectivity index (χ2n) is 12.5. The summed E-state index contributed by atoms with van der Waals surface area (Å²) in [5.74, 6) is -2.16. The Labute approximate surface area is 322 Å². The number of nitrogen functional groups attached to an aromatic ring is 1. The average molecular weight is 926 g/mol. The Kier molecular flexibility index (Phi) is 9.16. The number of anilines is 2. The van der Waals surface area contributed by atoms with Crippen LogP contribution in [0.2, 0.25) is 0 Å². The van der Waals surface area contributed by atoms with Crippen LogP contribution in [0.4, 0.5) is 32.8 Å². The normalized spacial score (nSPS) is 25.0. The first-order chi connectivity index (χ1) is 22.5. The van der Waals surface area contributed by atoms with Crippen molar-refractivity contribution in [1.82, 2.24) is 19.8 Å². The first kappa shape index (κ1) is 34.6. The van der Waals surface area contributed by atoms with E-state index in [-0.39, 0.29) is 111 Å². The fraction of sp³-hybridized carbons (Fsp3) is 0.452. The van der Waals surface area contributed by atoms with Gasteiger partial charge in [0, 0.05) is 73.3 Å². The molecule has 252 valence electrons. The van der Waals surface area contributed by atoms with Crippen molar-refractivity contribution in [1.29, 1.82) is 0 Å². The quantitative estimate of drug-likeness (QED) is 0.162. The van der Waals surface area contributed by atoms with Gasteiger partial charge in [0.25, 0.3) is 5.91 Å². The van der Waals surface area contributed by atoms with Gasteiger partial charge in [-0.25, -0.2) is 13.2 Å². The number of benzene rings is 2. The number of nitrogens with two attached hydrogens (primary N) is 1. The zero-order valence-corrected chi connectivity index (χ0v) is 31.4. The van der Waals surface area contributed by atoms with Crippen molar-refractivity contribution in [2.75, 3.05) is 50.5 Å². The van der Waals surface area contributed by atoms with Crippen molar-refractivity contribution in [3.05, 3.63) is 33.4 Å². The summed E-state index contributed by atoms with van der Waals surface area (Å²) in [5.41, 5.74) is 5.69. The zero-order valence-electron chi connectivity index (χ0n) is 25.3. The molecular weight excluding hydrogens is 898 g/mol. The van der Waals surface area contributed by atoms with Crippen LogP contribution in [0.5, 0.6) is 11.8 Å². The average Bonchev–Trinajstić information content (AvgIpc) is 3.79. The number of hydrogen-bond acceptors (Lipinski definition) is 9. The number of carbonyl (C=O) groups is 1. The van der Waals surface area contributed by atoms with Gasteiger partial charge >= 0.3 is 12.4 Å². The Morgan fingerprint density at radius 2 is 2.06 bits per heavy atom. The predicted molar refractivity (Wildman–Crippen MR) is 174 cm³/mol. The molecule has 0 spiro atoms.